The number of primary amides is 1. The zero-order valence-electron chi connectivity index (χ0n) is 9.29. The van der Waals surface area contributed by atoms with Gasteiger partial charge in [-0.25, -0.2) is 0 Å². The lowest BCUT2D eigenvalue weighted by Gasteiger charge is -2.20. The van der Waals surface area contributed by atoms with E-state index in [0.29, 0.717) is 5.02 Å². The summed E-state index contributed by atoms with van der Waals surface area (Å²) in [6, 6.07) is 5.71. The molecule has 0 spiro atoms. The van der Waals surface area contributed by atoms with Gasteiger partial charge >= 0.3 is 0 Å². The number of nitrogens with two attached hydrogens (primary N) is 1. The summed E-state index contributed by atoms with van der Waals surface area (Å²) in [6.07, 6.45) is 2.81. The summed E-state index contributed by atoms with van der Waals surface area (Å²) in [5.41, 5.74) is 8.71. The van der Waals surface area contributed by atoms with Gasteiger partial charge in [0, 0.05) is 21.6 Å². The van der Waals surface area contributed by atoms with E-state index in [4.69, 9.17) is 17.3 Å². The second-order valence-electron chi connectivity index (χ2n) is 4.55. The first-order valence-corrected chi connectivity index (χ1v) is 6.14. The first-order chi connectivity index (χ1) is 8.16. The van der Waals surface area contributed by atoms with Crippen LogP contribution < -0.4 is 5.73 Å². The predicted octanol–water partition coefficient (Wildman–Crippen LogP) is 2.73. The molecule has 0 saturated carbocycles. The molecule has 1 heterocycles. The maximum absolute atomic E-state index is 11.5. The van der Waals surface area contributed by atoms with Gasteiger partial charge in [0.2, 0.25) is 5.91 Å². The van der Waals surface area contributed by atoms with Crippen LogP contribution in [-0.4, -0.2) is 10.9 Å². The Morgan fingerprint density at radius 1 is 1.47 bits per heavy atom. The number of H-pyrrole nitrogens is 1. The highest BCUT2D eigenvalue weighted by molar-refractivity contribution is 6.31. The van der Waals surface area contributed by atoms with Crippen molar-refractivity contribution in [1.82, 2.24) is 4.98 Å². The highest BCUT2D eigenvalue weighted by Crippen LogP contribution is 2.37. The molecule has 1 amide bonds. The second-order valence-corrected chi connectivity index (χ2v) is 4.99. The zero-order chi connectivity index (χ0) is 12.0. The number of amides is 1. The molecule has 1 aromatic heterocycles. The number of carbonyl (C=O) groups excluding carboxylic acids is 1. The number of aryl methyl sites for hydroxylation is 1. The van der Waals surface area contributed by atoms with Crippen LogP contribution in [0, 0.1) is 0 Å². The number of fused-ring (bicyclic) bond motifs is 3. The fraction of sp³-hybridized carbons (Fsp3) is 0.308. The smallest absolute Gasteiger partial charge is 0.225 e. The molecule has 0 fully saturated rings. The highest BCUT2D eigenvalue weighted by Gasteiger charge is 2.28. The third kappa shape index (κ3) is 1.62. The minimum atomic E-state index is -0.244. The summed E-state index contributed by atoms with van der Waals surface area (Å²) in [5, 5.41) is 1.73. The number of benzene rings is 1. The van der Waals surface area contributed by atoms with Crippen LogP contribution in [0.3, 0.4) is 0 Å². The number of hydrogen-bond donors (Lipinski definition) is 2. The third-order valence-corrected chi connectivity index (χ3v) is 3.73. The van der Waals surface area contributed by atoms with Crippen LogP contribution in [0.25, 0.3) is 10.9 Å². The summed E-state index contributed by atoms with van der Waals surface area (Å²) in [6.45, 7) is 0. The van der Waals surface area contributed by atoms with E-state index in [-0.39, 0.29) is 11.8 Å². The van der Waals surface area contributed by atoms with E-state index >= 15 is 0 Å². The van der Waals surface area contributed by atoms with Gasteiger partial charge < -0.3 is 10.7 Å². The summed E-state index contributed by atoms with van der Waals surface area (Å²) < 4.78 is 0. The Morgan fingerprint density at radius 3 is 3.06 bits per heavy atom. The van der Waals surface area contributed by atoms with Crippen LogP contribution in [0.15, 0.2) is 18.2 Å². The van der Waals surface area contributed by atoms with Crippen molar-refractivity contribution in [1.29, 1.82) is 0 Å². The van der Waals surface area contributed by atoms with Gasteiger partial charge in [0.1, 0.15) is 0 Å². The lowest BCUT2D eigenvalue weighted by molar-refractivity contribution is -0.119. The molecule has 0 bridgehead atoms. The molecule has 3 rings (SSSR count). The van der Waals surface area contributed by atoms with E-state index < -0.39 is 0 Å². The van der Waals surface area contributed by atoms with Gasteiger partial charge in [0.15, 0.2) is 0 Å². The number of carbonyl (C=O) groups is 1. The average Bonchev–Trinajstić information content (AvgIpc) is 2.66. The van der Waals surface area contributed by atoms with Crippen LogP contribution in [0.5, 0.6) is 0 Å². The maximum Gasteiger partial charge on any atom is 0.225 e. The van der Waals surface area contributed by atoms with Gasteiger partial charge in [-0.2, -0.15) is 0 Å². The van der Waals surface area contributed by atoms with Crippen LogP contribution in [0.4, 0.5) is 0 Å². The van der Waals surface area contributed by atoms with Crippen molar-refractivity contribution in [2.24, 2.45) is 5.73 Å². The number of aromatic amines is 1. The Balaban J connectivity index is 2.29. The number of nitrogens with one attached hydrogen (secondary N) is 1. The van der Waals surface area contributed by atoms with E-state index in [0.717, 1.165) is 41.4 Å². The zero-order valence-corrected chi connectivity index (χ0v) is 10.1. The standard InChI is InChI=1S/C13H13ClN2O/c14-7-4-5-10-9(6-7)12-8(13(15)17)2-1-3-11(12)16-10/h4-6,8,16H,1-3H2,(H2,15,17). The first kappa shape index (κ1) is 10.7. The molecule has 1 aliphatic carbocycles. The van der Waals surface area contributed by atoms with Crippen molar-refractivity contribution in [3.05, 3.63) is 34.5 Å². The monoisotopic (exact) mass is 248 g/mol. The molecule has 88 valence electrons. The molecule has 1 atom stereocenters. The third-order valence-electron chi connectivity index (χ3n) is 3.49. The van der Waals surface area contributed by atoms with E-state index in [1.54, 1.807) is 0 Å². The molecule has 0 radical (unpaired) electrons. The fourth-order valence-electron chi connectivity index (χ4n) is 2.75. The van der Waals surface area contributed by atoms with Gasteiger partial charge in [-0.3, -0.25) is 4.79 Å². The molecule has 4 heteroatoms. The van der Waals surface area contributed by atoms with Crippen LogP contribution in [0.1, 0.15) is 30.0 Å². The summed E-state index contributed by atoms with van der Waals surface area (Å²) >= 11 is 6.02. The lowest BCUT2D eigenvalue weighted by atomic mass is 9.85. The quantitative estimate of drug-likeness (QED) is 0.801. The molecule has 0 saturated heterocycles. The van der Waals surface area contributed by atoms with Gasteiger partial charge in [-0.1, -0.05) is 11.6 Å². The van der Waals surface area contributed by atoms with Crippen LogP contribution in [-0.2, 0) is 11.2 Å². The maximum atomic E-state index is 11.5. The number of aromatic nitrogens is 1. The molecule has 1 aliphatic rings. The Bertz CT molecular complexity index is 603. The largest absolute Gasteiger partial charge is 0.369 e. The molecule has 17 heavy (non-hydrogen) atoms. The summed E-state index contributed by atoms with van der Waals surface area (Å²) in [5.74, 6) is -0.419. The normalized spacial score (nSPS) is 19.2. The topological polar surface area (TPSA) is 58.9 Å². The molecule has 2 aromatic rings. The summed E-state index contributed by atoms with van der Waals surface area (Å²) in [7, 11) is 0. The van der Waals surface area contributed by atoms with E-state index in [1.807, 2.05) is 18.2 Å². The molecule has 0 aliphatic heterocycles. The minimum absolute atomic E-state index is 0.175. The molecule has 1 unspecified atom stereocenters. The number of halogens is 1. The molecule has 1 aromatic carbocycles. The van der Waals surface area contributed by atoms with Gasteiger partial charge in [-0.05, 0) is 43.0 Å². The Kier molecular flexibility index (Phi) is 2.37. The highest BCUT2D eigenvalue weighted by atomic mass is 35.5. The second kappa shape index (κ2) is 3.77. The molecular weight excluding hydrogens is 236 g/mol. The minimum Gasteiger partial charge on any atom is -0.369 e. The van der Waals surface area contributed by atoms with Gasteiger partial charge in [0.25, 0.3) is 0 Å². The van der Waals surface area contributed by atoms with Crippen molar-refractivity contribution in [3.63, 3.8) is 0 Å². The SMILES string of the molecule is NC(=O)C1CCCc2[nH]c3ccc(Cl)cc3c21. The van der Waals surface area contributed by atoms with E-state index in [1.165, 1.54) is 0 Å². The lowest BCUT2D eigenvalue weighted by Crippen LogP contribution is -2.24. The first-order valence-electron chi connectivity index (χ1n) is 5.76. The van der Waals surface area contributed by atoms with Crippen LogP contribution >= 0.6 is 11.6 Å². The van der Waals surface area contributed by atoms with Crippen molar-refractivity contribution in [3.8, 4) is 0 Å². The predicted molar refractivity (Wildman–Crippen MR) is 68.2 cm³/mol. The Hall–Kier alpha value is -1.48. The number of hydrogen-bond acceptors (Lipinski definition) is 1. The average molecular weight is 249 g/mol. The van der Waals surface area contributed by atoms with E-state index in [2.05, 4.69) is 4.98 Å². The molecule has 3 nitrogen and oxygen atoms in total. The van der Waals surface area contributed by atoms with Gasteiger partial charge in [-0.15, -0.1) is 0 Å². The van der Waals surface area contributed by atoms with Crippen LogP contribution in [0.2, 0.25) is 5.02 Å². The molecular formula is C13H13ClN2O. The fourth-order valence-corrected chi connectivity index (χ4v) is 2.92. The molecule has 3 N–H and O–H groups in total. The van der Waals surface area contributed by atoms with E-state index in [9.17, 15) is 4.79 Å². The van der Waals surface area contributed by atoms with Crippen molar-refractivity contribution in [2.45, 2.75) is 25.2 Å². The van der Waals surface area contributed by atoms with Gasteiger partial charge in [0.05, 0.1) is 5.92 Å². The summed E-state index contributed by atoms with van der Waals surface area (Å²) in [4.78, 5) is 14.9. The van der Waals surface area contributed by atoms with Crippen molar-refractivity contribution < 1.29 is 4.79 Å². The Labute approximate surface area is 104 Å². The van der Waals surface area contributed by atoms with Crippen molar-refractivity contribution >= 4 is 28.4 Å². The number of rotatable bonds is 1. The van der Waals surface area contributed by atoms with Crippen molar-refractivity contribution in [2.75, 3.05) is 0 Å². The Morgan fingerprint density at radius 2 is 2.29 bits per heavy atom.